The van der Waals surface area contributed by atoms with Crippen LogP contribution in [0.1, 0.15) is 35.0 Å². The third-order valence-corrected chi connectivity index (χ3v) is 5.23. The summed E-state index contributed by atoms with van der Waals surface area (Å²) in [6.45, 7) is 1.56. The monoisotopic (exact) mass is 398 g/mol. The second-order valence-electron chi connectivity index (χ2n) is 7.41. The molecule has 1 aliphatic rings. The quantitative estimate of drug-likeness (QED) is 0.642. The summed E-state index contributed by atoms with van der Waals surface area (Å²) in [7, 11) is 0. The molecule has 1 aromatic heterocycles. The van der Waals surface area contributed by atoms with Crippen molar-refractivity contribution >= 4 is 28.5 Å². The fraction of sp³-hybridized carbons (Fsp3) is 0.273. The van der Waals surface area contributed by atoms with Gasteiger partial charge in [-0.25, -0.2) is 13.6 Å². The van der Waals surface area contributed by atoms with Gasteiger partial charge in [0, 0.05) is 16.6 Å². The van der Waals surface area contributed by atoms with E-state index in [1.807, 2.05) is 6.07 Å². The lowest BCUT2D eigenvalue weighted by Gasteiger charge is -2.18. The van der Waals surface area contributed by atoms with Crippen LogP contribution in [0.2, 0.25) is 0 Å². The van der Waals surface area contributed by atoms with Crippen LogP contribution in [0.4, 0.5) is 14.5 Å². The molecule has 4 rings (SSSR count). The van der Waals surface area contributed by atoms with Gasteiger partial charge in [-0.05, 0) is 61.1 Å². The summed E-state index contributed by atoms with van der Waals surface area (Å²) in [4.78, 5) is 27.7. The molecular weight excluding hydrogens is 378 g/mol. The Morgan fingerprint density at radius 3 is 2.72 bits per heavy atom. The average molecular weight is 398 g/mol. The number of nitrogens with one attached hydrogen (secondary N) is 2. The highest BCUT2D eigenvalue weighted by Gasteiger charge is 2.21. The van der Waals surface area contributed by atoms with Crippen molar-refractivity contribution in [3.05, 3.63) is 64.9 Å². The van der Waals surface area contributed by atoms with Gasteiger partial charge in [-0.2, -0.15) is 0 Å². The molecule has 0 saturated carbocycles. The Balaban J connectivity index is 1.45. The Hall–Kier alpha value is -3.22. The molecule has 150 valence electrons. The minimum absolute atomic E-state index is 0.322. The van der Waals surface area contributed by atoms with E-state index in [1.54, 1.807) is 12.1 Å². The SMILES string of the molecule is C[C@H]1CCc2[nH]c3ccc(C(=O)OCC(=O)Nc4c(F)cccc4F)cc3c2C1. The van der Waals surface area contributed by atoms with Crippen molar-refractivity contribution in [2.75, 3.05) is 11.9 Å². The van der Waals surface area contributed by atoms with Gasteiger partial charge in [0.2, 0.25) is 0 Å². The van der Waals surface area contributed by atoms with Crippen LogP contribution in [0.15, 0.2) is 36.4 Å². The van der Waals surface area contributed by atoms with Gasteiger partial charge >= 0.3 is 5.97 Å². The molecule has 1 atom stereocenters. The van der Waals surface area contributed by atoms with Crippen LogP contribution in [-0.4, -0.2) is 23.5 Å². The highest BCUT2D eigenvalue weighted by atomic mass is 19.1. The molecule has 2 N–H and O–H groups in total. The number of benzene rings is 2. The molecule has 1 heterocycles. The fourth-order valence-corrected chi connectivity index (χ4v) is 3.73. The van der Waals surface area contributed by atoms with Crippen molar-refractivity contribution < 1.29 is 23.1 Å². The number of carbonyl (C=O) groups is 2. The fourth-order valence-electron chi connectivity index (χ4n) is 3.73. The van der Waals surface area contributed by atoms with Gasteiger partial charge in [0.05, 0.1) is 5.56 Å². The number of amides is 1. The predicted octanol–water partition coefficient (Wildman–Crippen LogP) is 4.37. The van der Waals surface area contributed by atoms with Crippen LogP contribution in [0.3, 0.4) is 0 Å². The zero-order valence-corrected chi connectivity index (χ0v) is 15.9. The Morgan fingerprint density at radius 1 is 1.21 bits per heavy atom. The molecule has 5 nitrogen and oxygen atoms in total. The highest BCUT2D eigenvalue weighted by molar-refractivity contribution is 5.98. The second-order valence-corrected chi connectivity index (χ2v) is 7.41. The van der Waals surface area contributed by atoms with Crippen LogP contribution in [0.5, 0.6) is 0 Å². The number of aryl methyl sites for hydroxylation is 1. The Bertz CT molecular complexity index is 1090. The number of fused-ring (bicyclic) bond motifs is 3. The number of hydrogen-bond acceptors (Lipinski definition) is 3. The molecule has 1 amide bonds. The maximum absolute atomic E-state index is 13.6. The summed E-state index contributed by atoms with van der Waals surface area (Å²) >= 11 is 0. The van der Waals surface area contributed by atoms with Crippen molar-refractivity contribution in [1.82, 2.24) is 4.98 Å². The van der Waals surface area contributed by atoms with Crippen LogP contribution >= 0.6 is 0 Å². The summed E-state index contributed by atoms with van der Waals surface area (Å²) < 4.78 is 32.2. The topological polar surface area (TPSA) is 71.2 Å². The standard InChI is InChI=1S/C22H20F2N2O3/c1-12-5-7-18-14(9-12)15-10-13(6-8-19(15)25-18)22(28)29-11-20(27)26-21-16(23)3-2-4-17(21)24/h2-4,6,8,10,12,25H,5,7,9,11H2,1H3,(H,26,27)/t12-/m0/s1. The number of carbonyl (C=O) groups excluding carboxylic acids is 2. The number of aromatic nitrogens is 1. The highest BCUT2D eigenvalue weighted by Crippen LogP contribution is 2.32. The molecule has 29 heavy (non-hydrogen) atoms. The van der Waals surface area contributed by atoms with Gasteiger partial charge < -0.3 is 15.0 Å². The van der Waals surface area contributed by atoms with Crippen molar-refractivity contribution in [3.63, 3.8) is 0 Å². The Labute approximate surface area is 166 Å². The van der Waals surface area contributed by atoms with E-state index >= 15 is 0 Å². The van der Waals surface area contributed by atoms with Gasteiger partial charge in [-0.15, -0.1) is 0 Å². The van der Waals surface area contributed by atoms with E-state index < -0.39 is 35.8 Å². The van der Waals surface area contributed by atoms with E-state index in [9.17, 15) is 18.4 Å². The third-order valence-electron chi connectivity index (χ3n) is 5.23. The second kappa shape index (κ2) is 7.66. The van der Waals surface area contributed by atoms with Gasteiger partial charge in [0.15, 0.2) is 6.61 Å². The summed E-state index contributed by atoms with van der Waals surface area (Å²) in [6, 6.07) is 8.46. The Kier molecular flexibility index (Phi) is 5.05. The average Bonchev–Trinajstić information content (AvgIpc) is 3.06. The smallest absolute Gasteiger partial charge is 0.338 e. The number of halogens is 2. The first-order valence-electron chi connectivity index (χ1n) is 9.47. The van der Waals surface area contributed by atoms with E-state index in [0.717, 1.165) is 42.3 Å². The predicted molar refractivity (Wildman–Crippen MR) is 105 cm³/mol. The first-order valence-corrected chi connectivity index (χ1v) is 9.47. The zero-order chi connectivity index (χ0) is 20.5. The maximum atomic E-state index is 13.6. The van der Waals surface area contributed by atoms with E-state index in [-0.39, 0.29) is 0 Å². The van der Waals surface area contributed by atoms with E-state index in [2.05, 4.69) is 17.2 Å². The lowest BCUT2D eigenvalue weighted by atomic mass is 9.87. The van der Waals surface area contributed by atoms with E-state index in [4.69, 9.17) is 4.74 Å². The minimum atomic E-state index is -0.901. The number of para-hydroxylation sites is 1. The van der Waals surface area contributed by atoms with Gasteiger partial charge in [0.1, 0.15) is 17.3 Å². The van der Waals surface area contributed by atoms with Crippen molar-refractivity contribution in [3.8, 4) is 0 Å². The normalized spacial score (nSPS) is 15.8. The van der Waals surface area contributed by atoms with Crippen molar-refractivity contribution in [2.45, 2.75) is 26.2 Å². The van der Waals surface area contributed by atoms with Crippen molar-refractivity contribution in [2.24, 2.45) is 5.92 Å². The summed E-state index contributed by atoms with van der Waals surface area (Å²) in [5.41, 5.74) is 3.15. The first-order chi connectivity index (χ1) is 13.9. The minimum Gasteiger partial charge on any atom is -0.452 e. The summed E-state index contributed by atoms with van der Waals surface area (Å²) in [5.74, 6) is -2.71. The number of H-pyrrole nitrogens is 1. The number of anilines is 1. The number of rotatable bonds is 4. The van der Waals surface area contributed by atoms with Crippen LogP contribution in [0.25, 0.3) is 10.9 Å². The number of aromatic amines is 1. The molecule has 0 bridgehead atoms. The lowest BCUT2D eigenvalue weighted by molar-refractivity contribution is -0.119. The van der Waals surface area contributed by atoms with E-state index in [0.29, 0.717) is 11.5 Å². The molecule has 0 fully saturated rings. The molecule has 0 aliphatic heterocycles. The molecule has 0 radical (unpaired) electrons. The Morgan fingerprint density at radius 2 is 1.97 bits per heavy atom. The molecular formula is C22H20F2N2O3. The van der Waals surface area contributed by atoms with Crippen molar-refractivity contribution in [1.29, 1.82) is 0 Å². The molecule has 7 heteroatoms. The van der Waals surface area contributed by atoms with Crippen LogP contribution in [0, 0.1) is 17.6 Å². The third kappa shape index (κ3) is 3.85. The molecule has 2 aromatic carbocycles. The zero-order valence-electron chi connectivity index (χ0n) is 15.9. The molecule has 0 unspecified atom stereocenters. The maximum Gasteiger partial charge on any atom is 0.338 e. The first kappa shape index (κ1) is 19.1. The van der Waals surface area contributed by atoms with Gasteiger partial charge in [-0.3, -0.25) is 4.79 Å². The molecule has 0 spiro atoms. The van der Waals surface area contributed by atoms with Crippen LogP contribution in [-0.2, 0) is 22.4 Å². The number of ether oxygens (including phenoxy) is 1. The largest absolute Gasteiger partial charge is 0.452 e. The van der Waals surface area contributed by atoms with Gasteiger partial charge in [-0.1, -0.05) is 13.0 Å². The summed E-state index contributed by atoms with van der Waals surface area (Å²) in [5, 5.41) is 3.07. The molecule has 3 aromatic rings. The molecule has 0 saturated heterocycles. The van der Waals surface area contributed by atoms with Crippen LogP contribution < -0.4 is 5.32 Å². The molecule has 1 aliphatic carbocycles. The van der Waals surface area contributed by atoms with E-state index in [1.165, 1.54) is 17.3 Å². The number of hydrogen-bond donors (Lipinski definition) is 2. The van der Waals surface area contributed by atoms with Gasteiger partial charge in [0.25, 0.3) is 5.91 Å². The lowest BCUT2D eigenvalue weighted by Crippen LogP contribution is -2.22. The summed E-state index contributed by atoms with van der Waals surface area (Å²) in [6.07, 6.45) is 3.06. The number of esters is 1.